The van der Waals surface area contributed by atoms with E-state index in [1.165, 1.54) is 7.11 Å². The van der Waals surface area contributed by atoms with Crippen LogP contribution in [0.15, 0.2) is 28.7 Å². The van der Waals surface area contributed by atoms with Crippen LogP contribution in [-0.4, -0.2) is 25.3 Å². The number of Topliss-reactive ketones (excluding diaryl/α,β-unsaturated/α-hetero) is 2. The summed E-state index contributed by atoms with van der Waals surface area (Å²) in [6.45, 7) is 0.366. The molecule has 1 aromatic carbocycles. The van der Waals surface area contributed by atoms with Crippen molar-refractivity contribution in [3.8, 4) is 0 Å². The summed E-state index contributed by atoms with van der Waals surface area (Å²) in [6, 6.07) is 7.03. The van der Waals surface area contributed by atoms with Crippen LogP contribution in [0.1, 0.15) is 23.2 Å². The van der Waals surface area contributed by atoms with E-state index >= 15 is 0 Å². The molecular weight excluding hydrogens is 272 g/mol. The molecule has 0 fully saturated rings. The van der Waals surface area contributed by atoms with Gasteiger partial charge in [-0.05, 0) is 12.1 Å². The molecule has 0 amide bonds. The Labute approximate surface area is 103 Å². The maximum atomic E-state index is 11.7. The standard InChI is InChI=1S/C12H13BrO3/c1-16-6-5-11(14)8-12(15)9-3-2-4-10(13)7-9/h2-4,7H,5-6,8H2,1H3. The number of methoxy groups -OCH3 is 1. The van der Waals surface area contributed by atoms with Crippen molar-refractivity contribution in [3.63, 3.8) is 0 Å². The smallest absolute Gasteiger partial charge is 0.170 e. The highest BCUT2D eigenvalue weighted by molar-refractivity contribution is 9.10. The normalized spacial score (nSPS) is 10.1. The van der Waals surface area contributed by atoms with Crippen LogP contribution in [-0.2, 0) is 9.53 Å². The number of ketones is 2. The summed E-state index contributed by atoms with van der Waals surface area (Å²) in [7, 11) is 1.53. The Bertz CT molecular complexity index is 388. The molecule has 0 aliphatic carbocycles. The van der Waals surface area contributed by atoms with Crippen LogP contribution >= 0.6 is 15.9 Å². The van der Waals surface area contributed by atoms with Gasteiger partial charge in [0, 0.05) is 23.6 Å². The molecule has 0 radical (unpaired) electrons. The summed E-state index contributed by atoms with van der Waals surface area (Å²) in [5, 5.41) is 0. The van der Waals surface area contributed by atoms with E-state index in [1.807, 2.05) is 6.07 Å². The van der Waals surface area contributed by atoms with Gasteiger partial charge in [-0.3, -0.25) is 9.59 Å². The first-order chi connectivity index (χ1) is 7.63. The van der Waals surface area contributed by atoms with Crippen molar-refractivity contribution in [2.75, 3.05) is 13.7 Å². The molecule has 1 rings (SSSR count). The summed E-state index contributed by atoms with van der Waals surface area (Å²) >= 11 is 3.28. The lowest BCUT2D eigenvalue weighted by molar-refractivity contribution is -0.119. The van der Waals surface area contributed by atoms with Crippen LogP contribution < -0.4 is 0 Å². The van der Waals surface area contributed by atoms with Gasteiger partial charge in [-0.15, -0.1) is 0 Å². The maximum Gasteiger partial charge on any atom is 0.170 e. The van der Waals surface area contributed by atoms with Crippen LogP contribution in [0.2, 0.25) is 0 Å². The molecule has 0 bridgehead atoms. The highest BCUT2D eigenvalue weighted by Gasteiger charge is 2.11. The summed E-state index contributed by atoms with van der Waals surface area (Å²) in [6.07, 6.45) is 0.232. The summed E-state index contributed by atoms with van der Waals surface area (Å²) in [4.78, 5) is 23.0. The number of hydrogen-bond donors (Lipinski definition) is 0. The van der Waals surface area contributed by atoms with Gasteiger partial charge in [-0.2, -0.15) is 0 Å². The van der Waals surface area contributed by atoms with Crippen molar-refractivity contribution in [2.45, 2.75) is 12.8 Å². The lowest BCUT2D eigenvalue weighted by Crippen LogP contribution is -2.10. The highest BCUT2D eigenvalue weighted by Crippen LogP contribution is 2.13. The van der Waals surface area contributed by atoms with Crippen LogP contribution in [0.25, 0.3) is 0 Å². The molecule has 86 valence electrons. The Hall–Kier alpha value is -1.000. The average molecular weight is 285 g/mol. The van der Waals surface area contributed by atoms with Gasteiger partial charge in [0.05, 0.1) is 13.0 Å². The monoisotopic (exact) mass is 284 g/mol. The minimum Gasteiger partial charge on any atom is -0.384 e. The number of carbonyl (C=O) groups is 2. The zero-order chi connectivity index (χ0) is 12.0. The van der Waals surface area contributed by atoms with Crippen LogP contribution in [0.4, 0.5) is 0 Å². The number of halogens is 1. The lowest BCUT2D eigenvalue weighted by Gasteiger charge is -2.01. The second-order valence-corrected chi connectivity index (χ2v) is 4.31. The molecule has 0 aliphatic rings. The SMILES string of the molecule is COCCC(=O)CC(=O)c1cccc(Br)c1. The highest BCUT2D eigenvalue weighted by atomic mass is 79.9. The zero-order valence-electron chi connectivity index (χ0n) is 9.03. The largest absolute Gasteiger partial charge is 0.384 e. The average Bonchev–Trinajstić information content (AvgIpc) is 2.26. The molecule has 0 spiro atoms. The van der Waals surface area contributed by atoms with Crippen LogP contribution in [0.3, 0.4) is 0 Å². The van der Waals surface area contributed by atoms with Crippen molar-refractivity contribution in [1.82, 2.24) is 0 Å². The molecule has 16 heavy (non-hydrogen) atoms. The van der Waals surface area contributed by atoms with Crippen LogP contribution in [0, 0.1) is 0 Å². The van der Waals surface area contributed by atoms with Crippen molar-refractivity contribution in [2.24, 2.45) is 0 Å². The fraction of sp³-hybridized carbons (Fsp3) is 0.333. The number of ether oxygens (including phenoxy) is 1. The summed E-state index contributed by atoms with van der Waals surface area (Å²) < 4.78 is 5.62. The Morgan fingerprint density at radius 1 is 1.38 bits per heavy atom. The molecule has 0 unspecified atom stereocenters. The fourth-order valence-corrected chi connectivity index (χ4v) is 1.65. The van der Waals surface area contributed by atoms with E-state index < -0.39 is 0 Å². The zero-order valence-corrected chi connectivity index (χ0v) is 10.6. The Kier molecular flexibility index (Phi) is 5.35. The third-order valence-corrected chi connectivity index (χ3v) is 2.58. The van der Waals surface area contributed by atoms with Gasteiger partial charge in [0.15, 0.2) is 5.78 Å². The molecule has 1 aromatic rings. The minimum absolute atomic E-state index is 0.0557. The molecule has 0 saturated heterocycles. The van der Waals surface area contributed by atoms with Crippen molar-refractivity contribution >= 4 is 27.5 Å². The Morgan fingerprint density at radius 2 is 2.12 bits per heavy atom. The predicted molar refractivity (Wildman–Crippen MR) is 64.6 cm³/mol. The predicted octanol–water partition coefficient (Wildman–Crippen LogP) is 2.63. The maximum absolute atomic E-state index is 11.7. The first kappa shape index (κ1) is 13.1. The fourth-order valence-electron chi connectivity index (χ4n) is 1.25. The first-order valence-electron chi connectivity index (χ1n) is 4.93. The number of benzene rings is 1. The van der Waals surface area contributed by atoms with Gasteiger partial charge in [0.2, 0.25) is 0 Å². The third-order valence-electron chi connectivity index (χ3n) is 2.09. The number of carbonyl (C=O) groups excluding carboxylic acids is 2. The molecule has 0 aliphatic heterocycles. The van der Waals surface area contributed by atoms with Gasteiger partial charge >= 0.3 is 0 Å². The molecule has 3 nitrogen and oxygen atoms in total. The molecule has 0 heterocycles. The van der Waals surface area contributed by atoms with Crippen molar-refractivity contribution in [3.05, 3.63) is 34.3 Å². The number of rotatable bonds is 6. The second-order valence-electron chi connectivity index (χ2n) is 3.39. The van der Waals surface area contributed by atoms with Crippen molar-refractivity contribution < 1.29 is 14.3 Å². The topological polar surface area (TPSA) is 43.4 Å². The van der Waals surface area contributed by atoms with E-state index in [0.717, 1.165) is 4.47 Å². The van der Waals surface area contributed by atoms with E-state index in [0.29, 0.717) is 12.2 Å². The van der Waals surface area contributed by atoms with Gasteiger partial charge in [-0.25, -0.2) is 0 Å². The quantitative estimate of drug-likeness (QED) is 0.596. The van der Waals surface area contributed by atoms with E-state index in [4.69, 9.17) is 4.74 Å². The van der Waals surface area contributed by atoms with E-state index in [-0.39, 0.29) is 24.4 Å². The van der Waals surface area contributed by atoms with Gasteiger partial charge in [0.25, 0.3) is 0 Å². The molecule has 0 aromatic heterocycles. The summed E-state index contributed by atoms with van der Waals surface area (Å²) in [5.41, 5.74) is 0.556. The third kappa shape index (κ3) is 4.24. The van der Waals surface area contributed by atoms with Gasteiger partial charge in [-0.1, -0.05) is 28.1 Å². The van der Waals surface area contributed by atoms with Gasteiger partial charge in [0.1, 0.15) is 5.78 Å². The molecular formula is C12H13BrO3. The molecule has 0 N–H and O–H groups in total. The molecule has 0 saturated carbocycles. The first-order valence-corrected chi connectivity index (χ1v) is 5.72. The second kappa shape index (κ2) is 6.55. The van der Waals surface area contributed by atoms with Crippen molar-refractivity contribution in [1.29, 1.82) is 0 Å². The van der Waals surface area contributed by atoms with E-state index in [2.05, 4.69) is 15.9 Å². The van der Waals surface area contributed by atoms with E-state index in [9.17, 15) is 9.59 Å². The summed E-state index contributed by atoms with van der Waals surface area (Å²) in [5.74, 6) is -0.241. The molecule has 4 heteroatoms. The van der Waals surface area contributed by atoms with Gasteiger partial charge < -0.3 is 4.74 Å². The minimum atomic E-state index is -0.151. The Balaban J connectivity index is 2.55. The lowest BCUT2D eigenvalue weighted by atomic mass is 10.1. The van der Waals surface area contributed by atoms with E-state index in [1.54, 1.807) is 18.2 Å². The van der Waals surface area contributed by atoms with Crippen LogP contribution in [0.5, 0.6) is 0 Å². The molecule has 0 atom stereocenters. The Morgan fingerprint density at radius 3 is 2.75 bits per heavy atom. The number of hydrogen-bond acceptors (Lipinski definition) is 3.